The molecule has 3 nitrogen and oxygen atoms in total. The first kappa shape index (κ1) is 17.0. The third-order valence-corrected chi connectivity index (χ3v) is 4.31. The van der Waals surface area contributed by atoms with Crippen molar-refractivity contribution in [2.45, 2.75) is 59.5 Å². The van der Waals surface area contributed by atoms with E-state index in [0.29, 0.717) is 19.4 Å². The van der Waals surface area contributed by atoms with Crippen LogP contribution < -0.4 is 0 Å². The minimum Gasteiger partial charge on any atom is -0.465 e. The van der Waals surface area contributed by atoms with Gasteiger partial charge in [0.2, 0.25) is 0 Å². The molecule has 0 radical (unpaired) electrons. The zero-order valence-corrected chi connectivity index (χ0v) is 13.2. The molecule has 0 bridgehead atoms. The van der Waals surface area contributed by atoms with E-state index in [9.17, 15) is 9.90 Å². The van der Waals surface area contributed by atoms with Gasteiger partial charge < -0.3 is 9.84 Å². The Morgan fingerprint density at radius 1 is 1.45 bits per heavy atom. The van der Waals surface area contributed by atoms with Gasteiger partial charge in [0.1, 0.15) is 0 Å². The SMILES string of the molecule is C=C(C)C1CC[C@@](CCC=C(C)C)(C(=O)OCC)C1O. The number of rotatable bonds is 6. The summed E-state index contributed by atoms with van der Waals surface area (Å²) in [6, 6.07) is 0. The summed E-state index contributed by atoms with van der Waals surface area (Å²) in [6.45, 7) is 12.1. The fraction of sp³-hybridized carbons (Fsp3) is 0.706. The first-order valence-corrected chi connectivity index (χ1v) is 7.49. The van der Waals surface area contributed by atoms with Gasteiger partial charge >= 0.3 is 5.97 Å². The van der Waals surface area contributed by atoms with Crippen LogP contribution in [0, 0.1) is 11.3 Å². The molecule has 0 aliphatic heterocycles. The van der Waals surface area contributed by atoms with Crippen molar-refractivity contribution >= 4 is 5.97 Å². The van der Waals surface area contributed by atoms with Crippen molar-refractivity contribution in [3.05, 3.63) is 23.8 Å². The third kappa shape index (κ3) is 3.51. The van der Waals surface area contributed by atoms with Gasteiger partial charge in [0.25, 0.3) is 0 Å². The maximum atomic E-state index is 12.4. The van der Waals surface area contributed by atoms with E-state index in [-0.39, 0.29) is 11.9 Å². The fourth-order valence-electron chi connectivity index (χ4n) is 3.11. The summed E-state index contributed by atoms with van der Waals surface area (Å²) in [5.74, 6) is -0.246. The molecule has 1 aliphatic carbocycles. The summed E-state index contributed by atoms with van der Waals surface area (Å²) < 4.78 is 5.24. The molecule has 3 atom stereocenters. The lowest BCUT2D eigenvalue weighted by atomic mass is 9.77. The fourth-order valence-corrected chi connectivity index (χ4v) is 3.11. The molecule has 2 unspecified atom stereocenters. The Bertz CT molecular complexity index is 393. The van der Waals surface area contributed by atoms with E-state index in [1.54, 1.807) is 6.92 Å². The average Bonchev–Trinajstić information content (AvgIpc) is 2.68. The summed E-state index contributed by atoms with van der Waals surface area (Å²) in [7, 11) is 0. The maximum absolute atomic E-state index is 12.4. The molecule has 0 heterocycles. The zero-order valence-electron chi connectivity index (χ0n) is 13.2. The third-order valence-electron chi connectivity index (χ3n) is 4.31. The highest BCUT2D eigenvalue weighted by atomic mass is 16.5. The van der Waals surface area contributed by atoms with E-state index in [1.165, 1.54) is 5.57 Å². The molecule has 3 heteroatoms. The topological polar surface area (TPSA) is 46.5 Å². The van der Waals surface area contributed by atoms with Crippen LogP contribution in [0.5, 0.6) is 0 Å². The summed E-state index contributed by atoms with van der Waals surface area (Å²) in [6.07, 6.45) is 4.36. The largest absolute Gasteiger partial charge is 0.465 e. The Kier molecular flexibility index (Phi) is 6.00. The highest BCUT2D eigenvalue weighted by Gasteiger charge is 2.53. The molecule has 1 fully saturated rings. The molecule has 0 amide bonds. The van der Waals surface area contributed by atoms with Crippen LogP contribution in [-0.2, 0) is 9.53 Å². The molecular weight excluding hydrogens is 252 g/mol. The van der Waals surface area contributed by atoms with Gasteiger partial charge in [0, 0.05) is 5.92 Å². The normalized spacial score (nSPS) is 29.1. The number of carbonyl (C=O) groups is 1. The second kappa shape index (κ2) is 7.07. The van der Waals surface area contributed by atoms with Gasteiger partial charge in [-0.25, -0.2) is 0 Å². The summed E-state index contributed by atoms with van der Waals surface area (Å²) >= 11 is 0. The van der Waals surface area contributed by atoms with Gasteiger partial charge in [-0.1, -0.05) is 23.8 Å². The van der Waals surface area contributed by atoms with Crippen molar-refractivity contribution < 1.29 is 14.6 Å². The predicted molar refractivity (Wildman–Crippen MR) is 81.3 cm³/mol. The molecule has 1 saturated carbocycles. The second-order valence-electron chi connectivity index (χ2n) is 6.13. The van der Waals surface area contributed by atoms with Crippen LogP contribution >= 0.6 is 0 Å². The number of ether oxygens (including phenoxy) is 1. The molecule has 20 heavy (non-hydrogen) atoms. The van der Waals surface area contributed by atoms with E-state index in [1.807, 2.05) is 20.8 Å². The molecule has 114 valence electrons. The maximum Gasteiger partial charge on any atom is 0.314 e. The number of aliphatic hydroxyl groups is 1. The minimum atomic E-state index is -0.758. The first-order valence-electron chi connectivity index (χ1n) is 7.49. The number of hydrogen-bond acceptors (Lipinski definition) is 3. The summed E-state index contributed by atoms with van der Waals surface area (Å²) in [5.41, 5.74) is 1.42. The highest BCUT2D eigenvalue weighted by molar-refractivity contribution is 5.78. The molecular formula is C17H28O3. The van der Waals surface area contributed by atoms with Crippen LogP contribution in [0.1, 0.15) is 53.4 Å². The molecule has 1 N–H and O–H groups in total. The number of esters is 1. The van der Waals surface area contributed by atoms with E-state index < -0.39 is 11.5 Å². The summed E-state index contributed by atoms with van der Waals surface area (Å²) in [5, 5.41) is 10.6. The highest BCUT2D eigenvalue weighted by Crippen LogP contribution is 2.48. The average molecular weight is 280 g/mol. The Morgan fingerprint density at radius 2 is 2.10 bits per heavy atom. The number of hydrogen-bond donors (Lipinski definition) is 1. The Morgan fingerprint density at radius 3 is 2.55 bits per heavy atom. The van der Waals surface area contributed by atoms with Crippen LogP contribution in [0.15, 0.2) is 23.8 Å². The molecule has 1 aliphatic rings. The van der Waals surface area contributed by atoms with Crippen LogP contribution in [0.2, 0.25) is 0 Å². The molecule has 0 spiro atoms. The van der Waals surface area contributed by atoms with Crippen LogP contribution in [0.4, 0.5) is 0 Å². The standard InChI is InChI=1S/C17H28O3/c1-6-20-16(19)17(10-7-8-12(2)3)11-9-14(13(4)5)15(17)18/h8,14-15,18H,4,6-7,9-11H2,1-3,5H3/t14?,15?,17-/m1/s1. The van der Waals surface area contributed by atoms with E-state index in [0.717, 1.165) is 18.4 Å². The predicted octanol–water partition coefficient (Wildman–Crippen LogP) is 3.63. The van der Waals surface area contributed by atoms with Gasteiger partial charge in [-0.3, -0.25) is 4.79 Å². The van der Waals surface area contributed by atoms with Crippen LogP contribution in [-0.4, -0.2) is 23.8 Å². The molecule has 0 saturated heterocycles. The molecule has 0 aromatic heterocycles. The molecule has 0 aromatic carbocycles. The Balaban J connectivity index is 2.94. The minimum absolute atomic E-state index is 0.00566. The van der Waals surface area contributed by atoms with E-state index in [2.05, 4.69) is 12.7 Å². The monoisotopic (exact) mass is 280 g/mol. The second-order valence-corrected chi connectivity index (χ2v) is 6.13. The van der Waals surface area contributed by atoms with Crippen molar-refractivity contribution in [3.63, 3.8) is 0 Å². The van der Waals surface area contributed by atoms with Crippen molar-refractivity contribution in [2.24, 2.45) is 11.3 Å². The van der Waals surface area contributed by atoms with Crippen LogP contribution in [0.25, 0.3) is 0 Å². The Labute approximate surface area is 122 Å². The van der Waals surface area contributed by atoms with Gasteiger partial charge in [0.05, 0.1) is 18.1 Å². The lowest BCUT2D eigenvalue weighted by molar-refractivity contribution is -0.162. The van der Waals surface area contributed by atoms with Gasteiger partial charge in [-0.05, 0) is 53.4 Å². The number of aliphatic hydroxyl groups excluding tert-OH is 1. The first-order chi connectivity index (χ1) is 9.35. The summed E-state index contributed by atoms with van der Waals surface area (Å²) in [4.78, 5) is 12.4. The van der Waals surface area contributed by atoms with Crippen molar-refractivity contribution in [3.8, 4) is 0 Å². The van der Waals surface area contributed by atoms with Gasteiger partial charge in [-0.2, -0.15) is 0 Å². The Hall–Kier alpha value is -1.09. The smallest absolute Gasteiger partial charge is 0.314 e. The van der Waals surface area contributed by atoms with Crippen molar-refractivity contribution in [2.75, 3.05) is 6.61 Å². The molecule has 1 rings (SSSR count). The lowest BCUT2D eigenvalue weighted by Crippen LogP contribution is -2.42. The quantitative estimate of drug-likeness (QED) is 0.597. The lowest BCUT2D eigenvalue weighted by Gasteiger charge is -2.32. The number of allylic oxidation sites excluding steroid dienone is 2. The van der Waals surface area contributed by atoms with E-state index in [4.69, 9.17) is 4.74 Å². The van der Waals surface area contributed by atoms with E-state index >= 15 is 0 Å². The number of carbonyl (C=O) groups excluding carboxylic acids is 1. The van der Waals surface area contributed by atoms with Crippen LogP contribution in [0.3, 0.4) is 0 Å². The molecule has 0 aromatic rings. The zero-order chi connectivity index (χ0) is 15.3. The van der Waals surface area contributed by atoms with Gasteiger partial charge in [-0.15, -0.1) is 0 Å². The van der Waals surface area contributed by atoms with Gasteiger partial charge in [0.15, 0.2) is 0 Å². The van der Waals surface area contributed by atoms with Crippen molar-refractivity contribution in [1.82, 2.24) is 0 Å². The van der Waals surface area contributed by atoms with Crippen molar-refractivity contribution in [1.29, 1.82) is 0 Å².